The number of hydrogen-bond donors (Lipinski definition) is 0. The van der Waals surface area contributed by atoms with Crippen molar-refractivity contribution in [1.29, 1.82) is 5.26 Å². The molecular weight excluding hydrogens is 229 g/mol. The van der Waals surface area contributed by atoms with Gasteiger partial charge < -0.3 is 0 Å². The molecule has 0 atom stereocenters. The molecule has 0 aliphatic carbocycles. The number of aromatic nitrogens is 1. The number of nitrogens with zero attached hydrogens (tertiary/aromatic N) is 2. The van der Waals surface area contributed by atoms with Gasteiger partial charge in [0.15, 0.2) is 0 Å². The maximum absolute atomic E-state index is 12.8. The zero-order chi connectivity index (χ0) is 12.6. The highest BCUT2D eigenvalue weighted by Gasteiger charge is 2.33. The Morgan fingerprint density at radius 1 is 1.29 bits per heavy atom. The van der Waals surface area contributed by atoms with Crippen LogP contribution in [0.5, 0.6) is 0 Å². The van der Waals surface area contributed by atoms with E-state index in [-0.39, 0.29) is 16.5 Å². The number of halogens is 3. The molecule has 1 aromatic carbocycles. The van der Waals surface area contributed by atoms with E-state index in [0.717, 1.165) is 6.07 Å². The highest BCUT2D eigenvalue weighted by molar-refractivity contribution is 5.87. The third-order valence-corrected chi connectivity index (χ3v) is 2.39. The van der Waals surface area contributed by atoms with Crippen molar-refractivity contribution in [2.75, 3.05) is 0 Å². The van der Waals surface area contributed by atoms with Crippen LogP contribution >= 0.6 is 0 Å². The summed E-state index contributed by atoms with van der Waals surface area (Å²) in [5, 5.41) is 9.12. The quantitative estimate of drug-likeness (QED) is 0.702. The fourth-order valence-corrected chi connectivity index (χ4v) is 1.70. The molecule has 0 bridgehead atoms. The van der Waals surface area contributed by atoms with E-state index in [1.54, 1.807) is 6.92 Å². The second-order valence-electron chi connectivity index (χ2n) is 3.62. The van der Waals surface area contributed by atoms with Gasteiger partial charge in [-0.15, -0.1) is 0 Å². The van der Waals surface area contributed by atoms with Crippen molar-refractivity contribution in [3.8, 4) is 6.07 Å². The predicted molar refractivity (Wildman–Crippen MR) is 56.2 cm³/mol. The average molecular weight is 236 g/mol. The van der Waals surface area contributed by atoms with Crippen LogP contribution in [0.4, 0.5) is 13.2 Å². The minimum atomic E-state index is -4.47. The number of pyridine rings is 1. The molecule has 0 aliphatic rings. The van der Waals surface area contributed by atoms with Gasteiger partial charge in [-0.1, -0.05) is 12.1 Å². The fourth-order valence-electron chi connectivity index (χ4n) is 1.70. The van der Waals surface area contributed by atoms with E-state index >= 15 is 0 Å². The molecule has 1 heterocycles. The molecule has 0 amide bonds. The van der Waals surface area contributed by atoms with Crippen molar-refractivity contribution in [3.63, 3.8) is 0 Å². The maximum Gasteiger partial charge on any atom is 0.418 e. The molecule has 0 saturated heterocycles. The molecule has 1 aromatic heterocycles. The molecule has 0 fully saturated rings. The summed E-state index contributed by atoms with van der Waals surface area (Å²) in [6.45, 7) is 1.56. The molecule has 2 rings (SSSR count). The fraction of sp³-hybridized carbons (Fsp3) is 0.167. The summed E-state index contributed by atoms with van der Waals surface area (Å²) in [7, 11) is 0. The van der Waals surface area contributed by atoms with Gasteiger partial charge >= 0.3 is 6.18 Å². The second kappa shape index (κ2) is 3.74. The lowest BCUT2D eigenvalue weighted by Gasteiger charge is -2.10. The van der Waals surface area contributed by atoms with Crippen LogP contribution in [0, 0.1) is 18.3 Å². The molecular formula is C12H7F3N2. The van der Waals surface area contributed by atoms with Gasteiger partial charge in [0.25, 0.3) is 0 Å². The van der Waals surface area contributed by atoms with Gasteiger partial charge in [0.05, 0.1) is 22.7 Å². The van der Waals surface area contributed by atoms with Crippen LogP contribution < -0.4 is 0 Å². The number of benzene rings is 1. The molecule has 0 aliphatic heterocycles. The molecule has 5 heteroatoms. The van der Waals surface area contributed by atoms with E-state index < -0.39 is 11.7 Å². The van der Waals surface area contributed by atoms with Crippen molar-refractivity contribution in [2.45, 2.75) is 13.1 Å². The Labute approximate surface area is 95.3 Å². The number of aryl methyl sites for hydroxylation is 1. The highest BCUT2D eigenvalue weighted by atomic mass is 19.4. The van der Waals surface area contributed by atoms with Gasteiger partial charge in [0, 0.05) is 11.1 Å². The lowest BCUT2D eigenvalue weighted by Crippen LogP contribution is -2.07. The minimum absolute atomic E-state index is 0.170. The van der Waals surface area contributed by atoms with Crippen LogP contribution in [-0.4, -0.2) is 4.98 Å². The van der Waals surface area contributed by atoms with E-state index in [1.165, 1.54) is 18.2 Å². The number of nitriles is 1. The highest BCUT2D eigenvalue weighted by Crippen LogP contribution is 2.34. The van der Waals surface area contributed by atoms with Crippen molar-refractivity contribution in [2.24, 2.45) is 0 Å². The Balaban J connectivity index is 2.91. The smallest absolute Gasteiger partial charge is 0.252 e. The van der Waals surface area contributed by atoms with E-state index in [0.29, 0.717) is 5.69 Å². The summed E-state index contributed by atoms with van der Waals surface area (Å²) in [4.78, 5) is 3.88. The van der Waals surface area contributed by atoms with Crippen LogP contribution in [0.2, 0.25) is 0 Å². The largest absolute Gasteiger partial charge is 0.418 e. The number of para-hydroxylation sites is 1. The monoisotopic (exact) mass is 236 g/mol. The van der Waals surface area contributed by atoms with Crippen LogP contribution in [-0.2, 0) is 6.18 Å². The first-order chi connectivity index (χ1) is 7.93. The SMILES string of the molecule is Cc1cc(C#N)c2cccc(C(F)(F)F)c2n1. The minimum Gasteiger partial charge on any atom is -0.252 e. The number of fused-ring (bicyclic) bond motifs is 1. The molecule has 0 unspecified atom stereocenters. The Hall–Kier alpha value is -2.09. The molecule has 0 radical (unpaired) electrons. The molecule has 2 nitrogen and oxygen atoms in total. The maximum atomic E-state index is 12.8. The summed E-state index contributed by atoms with van der Waals surface area (Å²) >= 11 is 0. The third kappa shape index (κ3) is 1.94. The molecule has 2 aromatic rings. The summed E-state index contributed by atoms with van der Waals surface area (Å²) in [6, 6.07) is 7.07. The summed E-state index contributed by atoms with van der Waals surface area (Å²) < 4.78 is 38.3. The average Bonchev–Trinajstić information content (AvgIpc) is 2.25. The van der Waals surface area contributed by atoms with Crippen molar-refractivity contribution in [1.82, 2.24) is 4.98 Å². The van der Waals surface area contributed by atoms with Crippen LogP contribution in [0.25, 0.3) is 10.9 Å². The normalized spacial score (nSPS) is 11.5. The second-order valence-corrected chi connectivity index (χ2v) is 3.62. The zero-order valence-corrected chi connectivity index (χ0v) is 8.84. The third-order valence-electron chi connectivity index (χ3n) is 2.39. The lowest BCUT2D eigenvalue weighted by atomic mass is 10.0. The Morgan fingerprint density at radius 3 is 2.59 bits per heavy atom. The molecule has 0 spiro atoms. The standard InChI is InChI=1S/C12H7F3N2/c1-7-5-8(6-16)9-3-2-4-10(11(9)17-7)12(13,14)15/h2-5H,1H3. The first-order valence-electron chi connectivity index (χ1n) is 4.81. The van der Waals surface area contributed by atoms with Gasteiger partial charge in [-0.2, -0.15) is 18.4 Å². The van der Waals surface area contributed by atoms with Crippen molar-refractivity contribution >= 4 is 10.9 Å². The van der Waals surface area contributed by atoms with E-state index in [9.17, 15) is 13.2 Å². The Kier molecular flexibility index (Phi) is 2.50. The molecule has 86 valence electrons. The molecule has 0 N–H and O–H groups in total. The number of alkyl halides is 3. The Morgan fingerprint density at radius 2 is 2.00 bits per heavy atom. The van der Waals surface area contributed by atoms with Gasteiger partial charge in [0.2, 0.25) is 0 Å². The number of rotatable bonds is 0. The van der Waals surface area contributed by atoms with Gasteiger partial charge in [-0.3, -0.25) is 4.98 Å². The lowest BCUT2D eigenvalue weighted by molar-refractivity contribution is -0.136. The van der Waals surface area contributed by atoms with Gasteiger partial charge in [-0.05, 0) is 19.1 Å². The van der Waals surface area contributed by atoms with Crippen molar-refractivity contribution in [3.05, 3.63) is 41.1 Å². The van der Waals surface area contributed by atoms with Crippen molar-refractivity contribution < 1.29 is 13.2 Å². The van der Waals surface area contributed by atoms with E-state index in [4.69, 9.17) is 5.26 Å². The van der Waals surface area contributed by atoms with E-state index in [1.807, 2.05) is 6.07 Å². The van der Waals surface area contributed by atoms with Crippen LogP contribution in [0.1, 0.15) is 16.8 Å². The van der Waals surface area contributed by atoms with E-state index in [2.05, 4.69) is 4.98 Å². The zero-order valence-electron chi connectivity index (χ0n) is 8.84. The topological polar surface area (TPSA) is 36.7 Å². The first-order valence-corrected chi connectivity index (χ1v) is 4.81. The summed E-state index contributed by atoms with van der Waals surface area (Å²) in [5.41, 5.74) is -0.379. The predicted octanol–water partition coefficient (Wildman–Crippen LogP) is 3.43. The number of hydrogen-bond acceptors (Lipinski definition) is 2. The van der Waals surface area contributed by atoms with Crippen LogP contribution in [0.3, 0.4) is 0 Å². The molecule has 17 heavy (non-hydrogen) atoms. The summed E-state index contributed by atoms with van der Waals surface area (Å²) in [6.07, 6.45) is -4.47. The van der Waals surface area contributed by atoms with Gasteiger partial charge in [-0.25, -0.2) is 0 Å². The molecule has 0 saturated carbocycles. The van der Waals surface area contributed by atoms with Gasteiger partial charge in [0.1, 0.15) is 0 Å². The van der Waals surface area contributed by atoms with Crippen LogP contribution in [0.15, 0.2) is 24.3 Å². The summed E-state index contributed by atoms with van der Waals surface area (Å²) in [5.74, 6) is 0. The Bertz CT molecular complexity index is 624. The first kappa shape index (κ1) is 11.4.